The van der Waals surface area contributed by atoms with Crippen LogP contribution >= 0.6 is 0 Å². The number of hydrogen-bond acceptors (Lipinski definition) is 7. The summed E-state index contributed by atoms with van der Waals surface area (Å²) in [6.45, 7) is 7.69. The van der Waals surface area contributed by atoms with Gasteiger partial charge in [0.2, 0.25) is 0 Å². The molecule has 21 heavy (non-hydrogen) atoms. The van der Waals surface area contributed by atoms with E-state index in [1.807, 2.05) is 27.7 Å². The third-order valence-corrected chi connectivity index (χ3v) is 3.49. The molecular formula is C14H26N2O5. The van der Waals surface area contributed by atoms with Crippen molar-refractivity contribution in [3.63, 3.8) is 0 Å². The monoisotopic (exact) mass is 302 g/mol. The van der Waals surface area contributed by atoms with E-state index < -0.39 is 36.2 Å². The highest BCUT2D eigenvalue weighted by Crippen LogP contribution is 2.17. The zero-order chi connectivity index (χ0) is 16.2. The van der Waals surface area contributed by atoms with Crippen LogP contribution in [-0.4, -0.2) is 49.4 Å². The molecule has 1 heterocycles. The quantitative estimate of drug-likeness (QED) is 0.653. The summed E-state index contributed by atoms with van der Waals surface area (Å²) in [4.78, 5) is 23.7. The van der Waals surface area contributed by atoms with Gasteiger partial charge in [0, 0.05) is 0 Å². The normalized spacial score (nSPS) is 25.0. The molecule has 7 nitrogen and oxygen atoms in total. The van der Waals surface area contributed by atoms with E-state index in [9.17, 15) is 9.59 Å². The standard InChI is InChI=1S/C14H26N2O5/c1-7(2)11(15)13(17)20-9-5-19-6-10(9)21-14(18)12(16)8(3)4/h7-12H,5-6,15-16H2,1-4H3/t9?,10?,11-,12?/m0/s1. The van der Waals surface area contributed by atoms with Gasteiger partial charge in [0.1, 0.15) is 12.1 Å². The number of esters is 2. The smallest absolute Gasteiger partial charge is 0.323 e. The Bertz CT molecular complexity index is 338. The Balaban J connectivity index is 2.56. The summed E-state index contributed by atoms with van der Waals surface area (Å²) in [5.74, 6) is -1.10. The highest BCUT2D eigenvalue weighted by Gasteiger charge is 2.37. The molecule has 1 fully saturated rings. The molecule has 0 aromatic carbocycles. The molecule has 1 aliphatic rings. The highest BCUT2D eigenvalue weighted by atomic mass is 16.6. The van der Waals surface area contributed by atoms with E-state index in [-0.39, 0.29) is 25.0 Å². The first-order valence-electron chi connectivity index (χ1n) is 7.24. The molecule has 0 spiro atoms. The van der Waals surface area contributed by atoms with Gasteiger partial charge in [-0.25, -0.2) is 0 Å². The molecule has 4 N–H and O–H groups in total. The van der Waals surface area contributed by atoms with Gasteiger partial charge < -0.3 is 25.7 Å². The van der Waals surface area contributed by atoms with Gasteiger partial charge in [-0.05, 0) is 11.8 Å². The number of carbonyl (C=O) groups is 2. The molecule has 0 amide bonds. The molecule has 4 atom stereocenters. The fourth-order valence-electron chi connectivity index (χ4n) is 1.73. The van der Waals surface area contributed by atoms with Gasteiger partial charge in [0.15, 0.2) is 12.2 Å². The highest BCUT2D eigenvalue weighted by molar-refractivity contribution is 5.77. The molecule has 0 aromatic rings. The fourth-order valence-corrected chi connectivity index (χ4v) is 1.73. The average Bonchev–Trinajstić information content (AvgIpc) is 2.83. The van der Waals surface area contributed by atoms with Crippen LogP contribution in [0.1, 0.15) is 27.7 Å². The number of ether oxygens (including phenoxy) is 3. The van der Waals surface area contributed by atoms with Gasteiger partial charge in [-0.2, -0.15) is 0 Å². The Morgan fingerprint density at radius 2 is 1.24 bits per heavy atom. The van der Waals surface area contributed by atoms with Crippen LogP contribution in [0.3, 0.4) is 0 Å². The Kier molecular flexibility index (Phi) is 6.57. The Labute approximate surface area is 125 Å². The van der Waals surface area contributed by atoms with Gasteiger partial charge in [0.05, 0.1) is 13.2 Å². The number of carbonyl (C=O) groups excluding carboxylic acids is 2. The molecule has 0 aromatic heterocycles. The van der Waals surface area contributed by atoms with E-state index in [1.54, 1.807) is 0 Å². The summed E-state index contributed by atoms with van der Waals surface area (Å²) < 4.78 is 15.8. The lowest BCUT2D eigenvalue weighted by Crippen LogP contribution is -2.45. The Morgan fingerprint density at radius 3 is 1.52 bits per heavy atom. The van der Waals surface area contributed by atoms with Crippen molar-refractivity contribution < 1.29 is 23.8 Å². The summed E-state index contributed by atoms with van der Waals surface area (Å²) >= 11 is 0. The van der Waals surface area contributed by atoms with Gasteiger partial charge >= 0.3 is 11.9 Å². The SMILES string of the molecule is CC(C)C(N)C(=O)OC1COCC1OC(=O)[C@@H](N)C(C)C. The molecular weight excluding hydrogens is 276 g/mol. The topological polar surface area (TPSA) is 114 Å². The first kappa shape index (κ1) is 17.9. The molecule has 0 bridgehead atoms. The maximum absolute atomic E-state index is 11.8. The van der Waals surface area contributed by atoms with Crippen molar-refractivity contribution in [2.45, 2.75) is 52.0 Å². The molecule has 0 radical (unpaired) electrons. The zero-order valence-corrected chi connectivity index (χ0v) is 13.1. The summed E-state index contributed by atoms with van der Waals surface area (Å²) in [5.41, 5.74) is 11.5. The van der Waals surface area contributed by atoms with Crippen LogP contribution in [0.4, 0.5) is 0 Å². The maximum Gasteiger partial charge on any atom is 0.323 e. The van der Waals surface area contributed by atoms with E-state index in [0.29, 0.717) is 0 Å². The molecule has 122 valence electrons. The zero-order valence-electron chi connectivity index (χ0n) is 13.1. The van der Waals surface area contributed by atoms with Crippen LogP contribution in [0, 0.1) is 11.8 Å². The number of hydrogen-bond donors (Lipinski definition) is 2. The third kappa shape index (κ3) is 4.94. The molecule has 3 unspecified atom stereocenters. The van der Waals surface area contributed by atoms with Crippen LogP contribution in [0.25, 0.3) is 0 Å². The first-order chi connectivity index (χ1) is 9.73. The fraction of sp³-hybridized carbons (Fsp3) is 0.857. The van der Waals surface area contributed by atoms with Crippen molar-refractivity contribution in [1.29, 1.82) is 0 Å². The van der Waals surface area contributed by atoms with Gasteiger partial charge in [-0.15, -0.1) is 0 Å². The minimum absolute atomic E-state index is 0.0322. The summed E-state index contributed by atoms with van der Waals surface area (Å²) in [6.07, 6.45) is -1.27. The second-order valence-electron chi connectivity index (χ2n) is 6.03. The van der Waals surface area contributed by atoms with Crippen LogP contribution in [0.15, 0.2) is 0 Å². The van der Waals surface area contributed by atoms with Gasteiger partial charge in [-0.1, -0.05) is 27.7 Å². The largest absolute Gasteiger partial charge is 0.455 e. The molecule has 1 aliphatic heterocycles. The van der Waals surface area contributed by atoms with Crippen molar-refractivity contribution in [3.05, 3.63) is 0 Å². The van der Waals surface area contributed by atoms with Crippen molar-refractivity contribution in [3.8, 4) is 0 Å². The van der Waals surface area contributed by atoms with Crippen LogP contribution in [0.2, 0.25) is 0 Å². The van der Waals surface area contributed by atoms with E-state index in [4.69, 9.17) is 25.7 Å². The molecule has 1 saturated heterocycles. The van der Waals surface area contributed by atoms with E-state index in [2.05, 4.69) is 0 Å². The maximum atomic E-state index is 11.8. The predicted molar refractivity (Wildman–Crippen MR) is 76.2 cm³/mol. The predicted octanol–water partition coefficient (Wildman–Crippen LogP) is -0.193. The summed E-state index contributed by atoms with van der Waals surface area (Å²) in [5, 5.41) is 0. The lowest BCUT2D eigenvalue weighted by Gasteiger charge is -2.23. The Hall–Kier alpha value is -1.18. The van der Waals surface area contributed by atoms with Crippen molar-refractivity contribution in [1.82, 2.24) is 0 Å². The second kappa shape index (κ2) is 7.72. The van der Waals surface area contributed by atoms with E-state index >= 15 is 0 Å². The van der Waals surface area contributed by atoms with Crippen molar-refractivity contribution in [2.75, 3.05) is 13.2 Å². The van der Waals surface area contributed by atoms with Crippen molar-refractivity contribution in [2.24, 2.45) is 23.3 Å². The molecule has 0 aliphatic carbocycles. The third-order valence-electron chi connectivity index (χ3n) is 3.49. The molecule has 1 rings (SSSR count). The Morgan fingerprint density at radius 1 is 0.905 bits per heavy atom. The summed E-state index contributed by atoms with van der Waals surface area (Å²) in [6, 6.07) is -1.42. The van der Waals surface area contributed by atoms with Gasteiger partial charge in [-0.3, -0.25) is 9.59 Å². The lowest BCUT2D eigenvalue weighted by atomic mass is 10.1. The number of nitrogens with two attached hydrogens (primary N) is 2. The molecule has 7 heteroatoms. The van der Waals surface area contributed by atoms with Crippen LogP contribution < -0.4 is 11.5 Å². The minimum Gasteiger partial charge on any atom is -0.455 e. The van der Waals surface area contributed by atoms with Crippen LogP contribution in [0.5, 0.6) is 0 Å². The minimum atomic E-state index is -0.708. The van der Waals surface area contributed by atoms with Crippen LogP contribution in [-0.2, 0) is 23.8 Å². The number of rotatable bonds is 6. The average molecular weight is 302 g/mol. The van der Waals surface area contributed by atoms with E-state index in [1.165, 1.54) is 0 Å². The first-order valence-corrected chi connectivity index (χ1v) is 7.24. The molecule has 0 saturated carbocycles. The lowest BCUT2D eigenvalue weighted by molar-refractivity contribution is -0.166. The van der Waals surface area contributed by atoms with E-state index in [0.717, 1.165) is 0 Å². The summed E-state index contributed by atoms with van der Waals surface area (Å²) in [7, 11) is 0. The second-order valence-corrected chi connectivity index (χ2v) is 6.03. The van der Waals surface area contributed by atoms with Gasteiger partial charge in [0.25, 0.3) is 0 Å². The van der Waals surface area contributed by atoms with Crippen molar-refractivity contribution >= 4 is 11.9 Å².